The van der Waals surface area contributed by atoms with Gasteiger partial charge in [-0.2, -0.15) is 0 Å². The van der Waals surface area contributed by atoms with Gasteiger partial charge in [-0.25, -0.2) is 0 Å². The minimum Gasteiger partial charge on any atom is -0.496 e. The number of dihydropyridines is 1. The number of carbonyl (C=O) groups excluding carboxylic acids is 1. The van der Waals surface area contributed by atoms with E-state index in [1.165, 1.54) is 0 Å². The quantitative estimate of drug-likeness (QED) is 0.513. The number of halogens is 1. The van der Waals surface area contributed by atoms with Gasteiger partial charge in [-0.05, 0) is 50.3 Å². The van der Waals surface area contributed by atoms with Crippen LogP contribution in [-0.4, -0.2) is 51.3 Å². The molecule has 3 heterocycles. The van der Waals surface area contributed by atoms with Crippen molar-refractivity contribution in [3.8, 4) is 0 Å². The molecule has 0 saturated carbocycles. The monoisotopic (exact) mass is 500 g/mol. The molecule has 0 spiro atoms. The minimum atomic E-state index is -0.195. The second-order valence-corrected chi connectivity index (χ2v) is 9.99. The average molecular weight is 501 g/mol. The van der Waals surface area contributed by atoms with E-state index in [9.17, 15) is 4.79 Å². The maximum Gasteiger partial charge on any atom is 0.255 e. The predicted octanol–water partition coefficient (Wildman–Crippen LogP) is 5.46. The van der Waals surface area contributed by atoms with E-state index in [0.29, 0.717) is 30.3 Å². The number of nitrogens with one attached hydrogen (secondary N) is 1. The van der Waals surface area contributed by atoms with Crippen molar-refractivity contribution in [1.82, 2.24) is 10.2 Å². The number of rotatable bonds is 8. The summed E-state index contributed by atoms with van der Waals surface area (Å²) in [5.74, 6) is 0.982. The molecule has 3 aliphatic heterocycles. The summed E-state index contributed by atoms with van der Waals surface area (Å²) in [4.78, 5) is 15.8. The van der Waals surface area contributed by atoms with Gasteiger partial charge in [-0.3, -0.25) is 4.79 Å². The van der Waals surface area contributed by atoms with Gasteiger partial charge in [0.25, 0.3) is 5.91 Å². The minimum absolute atomic E-state index is 0.0391. The number of hydrogen-bond donors (Lipinski definition) is 1. The standard InChI is InChI=1S/C28H37ClN2O4/c1-6-7-8-23-22(24(33-4)14-18(3)30-23)15-31-11-9-20-17(2)13-21(26(29)25(20)28(31)32)27(34-5)19-10-12-35-16-19/h8,13-14,19,27,30H,6-7,9-12,15-16H2,1-5H3. The van der Waals surface area contributed by atoms with Crippen LogP contribution in [0.3, 0.4) is 0 Å². The van der Waals surface area contributed by atoms with Crippen LogP contribution in [-0.2, 0) is 20.6 Å². The Bertz CT molecular complexity index is 1070. The third-order valence-corrected chi connectivity index (χ3v) is 7.62. The largest absolute Gasteiger partial charge is 0.496 e. The molecule has 0 aromatic heterocycles. The summed E-state index contributed by atoms with van der Waals surface area (Å²) >= 11 is 6.99. The lowest BCUT2D eigenvalue weighted by Crippen LogP contribution is -2.41. The van der Waals surface area contributed by atoms with E-state index in [1.807, 2.05) is 17.9 Å². The molecular formula is C28H37ClN2O4. The molecule has 1 aromatic carbocycles. The predicted molar refractivity (Wildman–Crippen MR) is 138 cm³/mol. The van der Waals surface area contributed by atoms with Gasteiger partial charge < -0.3 is 24.4 Å². The van der Waals surface area contributed by atoms with Gasteiger partial charge in [-0.1, -0.05) is 37.1 Å². The zero-order valence-corrected chi connectivity index (χ0v) is 22.3. The SMILES string of the molecule is CCCC=C1NC(C)=CC(OC)=C1CN1CCc2c(C)cc(C(OC)C3CCOC3)c(Cl)c2C1=O. The number of hydrogen-bond acceptors (Lipinski definition) is 5. The van der Waals surface area contributed by atoms with E-state index in [-0.39, 0.29) is 17.9 Å². The van der Waals surface area contributed by atoms with Gasteiger partial charge in [0.1, 0.15) is 5.76 Å². The smallest absolute Gasteiger partial charge is 0.255 e. The molecule has 7 heteroatoms. The summed E-state index contributed by atoms with van der Waals surface area (Å²) in [5.41, 5.74) is 6.65. The lowest BCUT2D eigenvalue weighted by molar-refractivity contribution is 0.0443. The van der Waals surface area contributed by atoms with Crippen LogP contribution < -0.4 is 5.32 Å². The zero-order chi connectivity index (χ0) is 25.1. The first-order chi connectivity index (χ1) is 16.9. The number of carbonyl (C=O) groups is 1. The summed E-state index contributed by atoms with van der Waals surface area (Å²) in [6, 6.07) is 2.10. The highest BCUT2D eigenvalue weighted by atomic mass is 35.5. The first-order valence-electron chi connectivity index (χ1n) is 12.5. The number of amides is 1. The third kappa shape index (κ3) is 5.16. The number of nitrogens with zero attached hydrogens (tertiary/aromatic N) is 1. The molecule has 2 atom stereocenters. The Labute approximate surface area is 213 Å². The molecular weight excluding hydrogens is 464 g/mol. The fourth-order valence-corrected chi connectivity index (χ4v) is 5.73. The van der Waals surface area contributed by atoms with E-state index in [4.69, 9.17) is 25.8 Å². The van der Waals surface area contributed by atoms with Crippen LogP contribution in [0.5, 0.6) is 0 Å². The molecule has 0 aliphatic carbocycles. The fourth-order valence-electron chi connectivity index (χ4n) is 5.37. The Morgan fingerprint density at radius 2 is 2.14 bits per heavy atom. The third-order valence-electron chi connectivity index (χ3n) is 7.22. The molecule has 3 aliphatic rings. The molecule has 1 amide bonds. The fraction of sp³-hybridized carbons (Fsp3) is 0.536. The maximum atomic E-state index is 13.9. The van der Waals surface area contributed by atoms with Crippen LogP contribution in [0.15, 0.2) is 40.9 Å². The molecule has 190 valence electrons. The van der Waals surface area contributed by atoms with Crippen molar-refractivity contribution in [3.05, 3.63) is 68.2 Å². The van der Waals surface area contributed by atoms with Crippen molar-refractivity contribution in [3.63, 3.8) is 0 Å². The van der Waals surface area contributed by atoms with Crippen molar-refractivity contribution in [1.29, 1.82) is 0 Å². The molecule has 1 fully saturated rings. The van der Waals surface area contributed by atoms with Gasteiger partial charge in [0.2, 0.25) is 0 Å². The first kappa shape index (κ1) is 25.8. The van der Waals surface area contributed by atoms with Crippen molar-refractivity contribution >= 4 is 17.5 Å². The number of aryl methyl sites for hydroxylation is 1. The second kappa shape index (κ2) is 11.2. The molecule has 1 saturated heterocycles. The summed E-state index contributed by atoms with van der Waals surface area (Å²) in [6.45, 7) is 8.70. The number of ether oxygens (including phenoxy) is 3. The summed E-state index contributed by atoms with van der Waals surface area (Å²) in [6.07, 6.45) is 7.67. The molecule has 35 heavy (non-hydrogen) atoms. The lowest BCUT2D eigenvalue weighted by atomic mass is 9.87. The van der Waals surface area contributed by atoms with Gasteiger partial charge in [0.15, 0.2) is 0 Å². The average Bonchev–Trinajstić information content (AvgIpc) is 3.38. The van der Waals surface area contributed by atoms with Crippen LogP contribution in [0.25, 0.3) is 0 Å². The highest BCUT2D eigenvalue weighted by Crippen LogP contribution is 2.40. The molecule has 0 radical (unpaired) electrons. The van der Waals surface area contributed by atoms with Crippen LogP contribution in [0.2, 0.25) is 5.02 Å². The zero-order valence-electron chi connectivity index (χ0n) is 21.5. The molecule has 4 rings (SSSR count). The molecule has 6 nitrogen and oxygen atoms in total. The Morgan fingerprint density at radius 1 is 1.34 bits per heavy atom. The Hall–Kier alpha value is -2.28. The molecule has 1 N–H and O–H groups in total. The van der Waals surface area contributed by atoms with E-state index < -0.39 is 0 Å². The Balaban J connectivity index is 1.69. The van der Waals surface area contributed by atoms with Crippen molar-refractivity contribution in [2.75, 3.05) is 40.5 Å². The van der Waals surface area contributed by atoms with Crippen molar-refractivity contribution < 1.29 is 19.0 Å². The van der Waals surface area contributed by atoms with Gasteiger partial charge in [0, 0.05) is 48.7 Å². The Kier molecular flexibility index (Phi) is 8.25. The number of unbranched alkanes of at least 4 members (excludes halogenated alkanes) is 1. The number of fused-ring (bicyclic) bond motifs is 1. The lowest BCUT2D eigenvalue weighted by Gasteiger charge is -2.34. The highest BCUT2D eigenvalue weighted by molar-refractivity contribution is 6.35. The number of allylic oxidation sites excluding steroid dienone is 3. The van der Waals surface area contributed by atoms with E-state index in [2.05, 4.69) is 31.3 Å². The molecule has 0 bridgehead atoms. The van der Waals surface area contributed by atoms with Crippen molar-refractivity contribution in [2.24, 2.45) is 5.92 Å². The first-order valence-corrected chi connectivity index (χ1v) is 12.9. The second-order valence-electron chi connectivity index (χ2n) is 9.61. The summed E-state index contributed by atoms with van der Waals surface area (Å²) < 4.78 is 17.2. The van der Waals surface area contributed by atoms with Crippen LogP contribution in [0, 0.1) is 12.8 Å². The highest BCUT2D eigenvalue weighted by Gasteiger charge is 2.35. The summed E-state index contributed by atoms with van der Waals surface area (Å²) in [7, 11) is 3.38. The molecule has 1 aromatic rings. The number of benzene rings is 1. The number of methoxy groups -OCH3 is 2. The van der Waals surface area contributed by atoms with Gasteiger partial charge in [-0.15, -0.1) is 0 Å². The van der Waals surface area contributed by atoms with Crippen LogP contribution in [0.4, 0.5) is 0 Å². The van der Waals surface area contributed by atoms with Crippen molar-refractivity contribution in [2.45, 2.75) is 52.6 Å². The van der Waals surface area contributed by atoms with E-state index in [0.717, 1.165) is 71.7 Å². The van der Waals surface area contributed by atoms with Crippen LogP contribution >= 0.6 is 11.6 Å². The summed E-state index contributed by atoms with van der Waals surface area (Å²) in [5, 5.41) is 3.98. The Morgan fingerprint density at radius 3 is 2.80 bits per heavy atom. The van der Waals surface area contributed by atoms with Crippen LogP contribution in [0.1, 0.15) is 66.3 Å². The van der Waals surface area contributed by atoms with E-state index in [1.54, 1.807) is 14.2 Å². The van der Waals surface area contributed by atoms with Gasteiger partial charge in [0.05, 0.1) is 37.0 Å². The van der Waals surface area contributed by atoms with Gasteiger partial charge >= 0.3 is 0 Å². The maximum absolute atomic E-state index is 13.9. The molecule has 2 unspecified atom stereocenters. The van der Waals surface area contributed by atoms with E-state index >= 15 is 0 Å². The topological polar surface area (TPSA) is 60.0 Å². The normalized spacial score (nSPS) is 22.3.